The normalized spacial score (nSPS) is 10.8. The van der Waals surface area contributed by atoms with Crippen molar-refractivity contribution in [3.8, 4) is 0 Å². The van der Waals surface area contributed by atoms with E-state index in [1.165, 1.54) is 27.5 Å². The molecule has 2 heteroatoms. The quantitative estimate of drug-likeness (QED) is 0.773. The van der Waals surface area contributed by atoms with Crippen LogP contribution >= 0.6 is 0 Å². The van der Waals surface area contributed by atoms with Crippen molar-refractivity contribution in [2.75, 3.05) is 0 Å². The van der Waals surface area contributed by atoms with Gasteiger partial charge in [-0.1, -0.05) is 42.5 Å². The van der Waals surface area contributed by atoms with Crippen LogP contribution in [0.5, 0.6) is 0 Å². The summed E-state index contributed by atoms with van der Waals surface area (Å²) in [7, 11) is 0. The molecule has 20 heavy (non-hydrogen) atoms. The summed E-state index contributed by atoms with van der Waals surface area (Å²) in [6.45, 7) is 3.92. The summed E-state index contributed by atoms with van der Waals surface area (Å²) >= 11 is 0. The van der Waals surface area contributed by atoms with E-state index < -0.39 is 0 Å². The van der Waals surface area contributed by atoms with Crippen LogP contribution in [0.15, 0.2) is 60.9 Å². The van der Waals surface area contributed by atoms with Crippen molar-refractivity contribution in [1.29, 1.82) is 0 Å². The van der Waals surface area contributed by atoms with Crippen molar-refractivity contribution in [1.82, 2.24) is 10.3 Å². The summed E-state index contributed by atoms with van der Waals surface area (Å²) in [5, 5.41) is 6.01. The van der Waals surface area contributed by atoms with Crippen LogP contribution in [0.1, 0.15) is 16.7 Å². The number of hydrogen-bond donors (Lipinski definition) is 1. The van der Waals surface area contributed by atoms with Crippen LogP contribution in [-0.4, -0.2) is 4.98 Å². The van der Waals surface area contributed by atoms with Crippen LogP contribution in [0, 0.1) is 6.92 Å². The molecule has 3 aromatic rings. The number of pyridine rings is 1. The van der Waals surface area contributed by atoms with Gasteiger partial charge >= 0.3 is 0 Å². The van der Waals surface area contributed by atoms with E-state index in [0.29, 0.717) is 0 Å². The zero-order chi connectivity index (χ0) is 13.8. The number of benzene rings is 2. The van der Waals surface area contributed by atoms with E-state index >= 15 is 0 Å². The average Bonchev–Trinajstić information content (AvgIpc) is 2.49. The number of hydrogen-bond acceptors (Lipinski definition) is 2. The first-order valence-electron chi connectivity index (χ1n) is 6.91. The Kier molecular flexibility index (Phi) is 3.75. The Morgan fingerprint density at radius 2 is 1.70 bits per heavy atom. The third kappa shape index (κ3) is 2.70. The Morgan fingerprint density at radius 1 is 0.900 bits per heavy atom. The molecule has 2 aromatic carbocycles. The molecule has 1 aromatic heterocycles. The summed E-state index contributed by atoms with van der Waals surface area (Å²) in [5.41, 5.74) is 4.01. The predicted molar refractivity (Wildman–Crippen MR) is 83.5 cm³/mol. The van der Waals surface area contributed by atoms with Crippen molar-refractivity contribution >= 4 is 10.8 Å². The summed E-state index contributed by atoms with van der Waals surface area (Å²) in [6, 6.07) is 17.0. The summed E-state index contributed by atoms with van der Waals surface area (Å²) in [5.74, 6) is 0. The predicted octanol–water partition coefficient (Wildman–Crippen LogP) is 3.83. The van der Waals surface area contributed by atoms with Gasteiger partial charge in [-0.3, -0.25) is 4.98 Å². The second-order valence-electron chi connectivity index (χ2n) is 5.04. The molecule has 0 fully saturated rings. The van der Waals surface area contributed by atoms with Crippen LogP contribution in [-0.2, 0) is 13.1 Å². The van der Waals surface area contributed by atoms with Gasteiger partial charge in [0.25, 0.3) is 0 Å². The average molecular weight is 262 g/mol. The number of aromatic nitrogens is 1. The first-order chi connectivity index (χ1) is 9.84. The number of nitrogens with zero attached hydrogens (tertiary/aromatic N) is 1. The molecule has 0 bridgehead atoms. The van der Waals surface area contributed by atoms with Gasteiger partial charge < -0.3 is 5.32 Å². The highest BCUT2D eigenvalue weighted by molar-refractivity contribution is 5.84. The molecule has 0 atom stereocenters. The summed E-state index contributed by atoms with van der Waals surface area (Å²) in [6.07, 6.45) is 3.77. The molecule has 0 unspecified atom stereocenters. The van der Waals surface area contributed by atoms with Gasteiger partial charge in [0.1, 0.15) is 0 Å². The lowest BCUT2D eigenvalue weighted by atomic mass is 10.1. The van der Waals surface area contributed by atoms with Crippen LogP contribution < -0.4 is 5.32 Å². The molecule has 0 amide bonds. The van der Waals surface area contributed by atoms with Crippen LogP contribution in [0.2, 0.25) is 0 Å². The molecule has 2 nitrogen and oxygen atoms in total. The first kappa shape index (κ1) is 12.8. The monoisotopic (exact) mass is 262 g/mol. The number of fused-ring (bicyclic) bond motifs is 1. The molecule has 3 rings (SSSR count). The zero-order valence-corrected chi connectivity index (χ0v) is 11.6. The van der Waals surface area contributed by atoms with E-state index in [-0.39, 0.29) is 0 Å². The van der Waals surface area contributed by atoms with Crippen molar-refractivity contribution in [2.45, 2.75) is 20.0 Å². The van der Waals surface area contributed by atoms with Gasteiger partial charge in [0.05, 0.1) is 0 Å². The summed E-state index contributed by atoms with van der Waals surface area (Å²) in [4.78, 5) is 4.17. The lowest BCUT2D eigenvalue weighted by Crippen LogP contribution is -2.13. The fourth-order valence-corrected chi connectivity index (χ4v) is 2.48. The van der Waals surface area contributed by atoms with Crippen molar-refractivity contribution in [3.63, 3.8) is 0 Å². The van der Waals surface area contributed by atoms with E-state index in [1.807, 2.05) is 12.4 Å². The highest BCUT2D eigenvalue weighted by Gasteiger charge is 2.01. The molecule has 100 valence electrons. The Balaban J connectivity index is 1.73. The highest BCUT2D eigenvalue weighted by atomic mass is 14.8. The Morgan fingerprint density at radius 3 is 2.60 bits per heavy atom. The van der Waals surface area contributed by atoms with Gasteiger partial charge in [0.15, 0.2) is 0 Å². The van der Waals surface area contributed by atoms with E-state index in [9.17, 15) is 0 Å². The third-order valence-electron chi connectivity index (χ3n) is 3.66. The second-order valence-corrected chi connectivity index (χ2v) is 5.04. The maximum atomic E-state index is 4.17. The van der Waals surface area contributed by atoms with Gasteiger partial charge in [-0.05, 0) is 35.1 Å². The molecule has 0 aliphatic carbocycles. The maximum Gasteiger partial charge on any atom is 0.0346 e. The first-order valence-corrected chi connectivity index (χ1v) is 6.91. The third-order valence-corrected chi connectivity index (χ3v) is 3.66. The minimum Gasteiger partial charge on any atom is -0.309 e. The Bertz CT molecular complexity index is 714. The largest absolute Gasteiger partial charge is 0.309 e. The molecule has 0 aliphatic heterocycles. The standard InChI is InChI=1S/C18H18N2/c1-14-5-2-3-6-15(14)11-20-13-17-8-4-7-16-12-19-10-9-18(16)17/h2-10,12,20H,11,13H2,1H3. The molecular weight excluding hydrogens is 244 g/mol. The van der Waals surface area contributed by atoms with E-state index in [1.54, 1.807) is 0 Å². The molecule has 0 saturated heterocycles. The van der Waals surface area contributed by atoms with E-state index in [2.05, 4.69) is 65.8 Å². The van der Waals surface area contributed by atoms with Gasteiger partial charge in [0, 0.05) is 30.9 Å². The van der Waals surface area contributed by atoms with Crippen molar-refractivity contribution < 1.29 is 0 Å². The lowest BCUT2D eigenvalue weighted by Gasteiger charge is -2.09. The van der Waals surface area contributed by atoms with Gasteiger partial charge in [-0.15, -0.1) is 0 Å². The molecular formula is C18H18N2. The SMILES string of the molecule is Cc1ccccc1CNCc1cccc2cnccc12. The number of aryl methyl sites for hydroxylation is 1. The minimum atomic E-state index is 0.871. The fourth-order valence-electron chi connectivity index (χ4n) is 2.48. The smallest absolute Gasteiger partial charge is 0.0346 e. The van der Waals surface area contributed by atoms with E-state index in [0.717, 1.165) is 13.1 Å². The zero-order valence-electron chi connectivity index (χ0n) is 11.6. The minimum absolute atomic E-state index is 0.871. The second kappa shape index (κ2) is 5.85. The highest BCUT2D eigenvalue weighted by Crippen LogP contribution is 2.17. The molecule has 1 N–H and O–H groups in total. The van der Waals surface area contributed by atoms with E-state index in [4.69, 9.17) is 0 Å². The number of nitrogens with one attached hydrogen (secondary N) is 1. The number of rotatable bonds is 4. The molecule has 0 aliphatic rings. The molecule has 0 radical (unpaired) electrons. The lowest BCUT2D eigenvalue weighted by molar-refractivity contribution is 0.694. The van der Waals surface area contributed by atoms with Gasteiger partial charge in [0.2, 0.25) is 0 Å². The van der Waals surface area contributed by atoms with Gasteiger partial charge in [-0.2, -0.15) is 0 Å². The van der Waals surface area contributed by atoms with Crippen LogP contribution in [0.25, 0.3) is 10.8 Å². The molecule has 0 saturated carbocycles. The van der Waals surface area contributed by atoms with Gasteiger partial charge in [-0.25, -0.2) is 0 Å². The fraction of sp³-hybridized carbons (Fsp3) is 0.167. The Hall–Kier alpha value is -2.19. The topological polar surface area (TPSA) is 24.9 Å². The molecule has 0 spiro atoms. The van der Waals surface area contributed by atoms with Crippen LogP contribution in [0.4, 0.5) is 0 Å². The van der Waals surface area contributed by atoms with Crippen molar-refractivity contribution in [2.24, 2.45) is 0 Å². The Labute approximate surface area is 119 Å². The molecule has 1 heterocycles. The summed E-state index contributed by atoms with van der Waals surface area (Å²) < 4.78 is 0. The van der Waals surface area contributed by atoms with Crippen molar-refractivity contribution in [3.05, 3.63) is 77.6 Å². The van der Waals surface area contributed by atoms with Crippen LogP contribution in [0.3, 0.4) is 0 Å². The maximum absolute atomic E-state index is 4.17.